The molecule has 2 aromatic rings. The van der Waals surface area contributed by atoms with Crippen LogP contribution >= 0.6 is 15.9 Å². The summed E-state index contributed by atoms with van der Waals surface area (Å²) < 4.78 is 5.93. The van der Waals surface area contributed by atoms with Crippen molar-refractivity contribution < 1.29 is 9.52 Å². The van der Waals surface area contributed by atoms with E-state index in [-0.39, 0.29) is 6.61 Å². The summed E-state index contributed by atoms with van der Waals surface area (Å²) >= 11 is 3.20. The molecule has 2 heterocycles. The van der Waals surface area contributed by atoms with Crippen molar-refractivity contribution in [2.75, 3.05) is 0 Å². The standard InChI is InChI=1S/C8H7BrN2O2/c9-7-2-1-6(13-7)8-10-3-5(4-12)11-8/h1-3,12H,4H2,(H,10,11). The highest BCUT2D eigenvalue weighted by molar-refractivity contribution is 9.10. The van der Waals surface area contributed by atoms with Crippen LogP contribution in [0, 0.1) is 0 Å². The Morgan fingerprint density at radius 1 is 1.54 bits per heavy atom. The van der Waals surface area contributed by atoms with Gasteiger partial charge in [0.1, 0.15) is 0 Å². The summed E-state index contributed by atoms with van der Waals surface area (Å²) in [5.74, 6) is 1.27. The number of aliphatic hydroxyl groups is 1. The molecule has 0 spiro atoms. The van der Waals surface area contributed by atoms with Gasteiger partial charge in [0.25, 0.3) is 0 Å². The van der Waals surface area contributed by atoms with Crippen molar-refractivity contribution in [2.24, 2.45) is 0 Å². The Labute approximate surface area is 82.7 Å². The molecule has 0 aromatic carbocycles. The molecule has 5 heteroatoms. The topological polar surface area (TPSA) is 62.1 Å². The molecule has 0 radical (unpaired) electrons. The highest BCUT2D eigenvalue weighted by Gasteiger charge is 2.06. The zero-order valence-corrected chi connectivity index (χ0v) is 8.21. The highest BCUT2D eigenvalue weighted by Crippen LogP contribution is 2.22. The number of imidazole rings is 1. The first-order valence-electron chi connectivity index (χ1n) is 3.70. The van der Waals surface area contributed by atoms with E-state index < -0.39 is 0 Å². The minimum absolute atomic E-state index is 0.0467. The molecule has 4 nitrogen and oxygen atoms in total. The van der Waals surface area contributed by atoms with Gasteiger partial charge in [0, 0.05) is 0 Å². The van der Waals surface area contributed by atoms with Crippen LogP contribution in [0.2, 0.25) is 0 Å². The molecule has 0 atom stereocenters. The lowest BCUT2D eigenvalue weighted by Crippen LogP contribution is -1.81. The third-order valence-corrected chi connectivity index (χ3v) is 2.03. The fraction of sp³-hybridized carbons (Fsp3) is 0.125. The number of rotatable bonds is 2. The van der Waals surface area contributed by atoms with Crippen molar-refractivity contribution in [1.29, 1.82) is 0 Å². The lowest BCUT2D eigenvalue weighted by atomic mass is 10.4. The number of nitrogens with zero attached hydrogens (tertiary/aromatic N) is 1. The number of hydrogen-bond donors (Lipinski definition) is 2. The predicted molar refractivity (Wildman–Crippen MR) is 49.9 cm³/mol. The zero-order chi connectivity index (χ0) is 9.26. The van der Waals surface area contributed by atoms with E-state index in [1.165, 1.54) is 0 Å². The number of aromatic amines is 1. The molecule has 0 bridgehead atoms. The van der Waals surface area contributed by atoms with Gasteiger partial charge in [-0.25, -0.2) is 4.98 Å². The SMILES string of the molecule is OCc1cnc(-c2ccc(Br)o2)[nH]1. The molecule has 0 saturated carbocycles. The number of hydrogen-bond acceptors (Lipinski definition) is 3. The highest BCUT2D eigenvalue weighted by atomic mass is 79.9. The largest absolute Gasteiger partial charge is 0.446 e. The Bertz CT molecular complexity index is 408. The van der Waals surface area contributed by atoms with Gasteiger partial charge in [-0.05, 0) is 28.1 Å². The number of H-pyrrole nitrogens is 1. The van der Waals surface area contributed by atoms with Gasteiger partial charge in [-0.15, -0.1) is 0 Å². The Morgan fingerprint density at radius 3 is 2.92 bits per heavy atom. The fourth-order valence-electron chi connectivity index (χ4n) is 1.01. The van der Waals surface area contributed by atoms with E-state index in [9.17, 15) is 0 Å². The summed E-state index contributed by atoms with van der Waals surface area (Å²) in [5, 5.41) is 8.79. The summed E-state index contributed by atoms with van der Waals surface area (Å²) in [6.07, 6.45) is 1.58. The molecule has 0 saturated heterocycles. The van der Waals surface area contributed by atoms with Gasteiger partial charge in [-0.2, -0.15) is 0 Å². The average Bonchev–Trinajstić information content (AvgIpc) is 2.71. The van der Waals surface area contributed by atoms with Gasteiger partial charge in [0.2, 0.25) is 0 Å². The normalized spacial score (nSPS) is 10.6. The quantitative estimate of drug-likeness (QED) is 0.846. The summed E-state index contributed by atoms with van der Waals surface area (Å²) in [7, 11) is 0. The third-order valence-electron chi connectivity index (χ3n) is 1.61. The van der Waals surface area contributed by atoms with Crippen molar-refractivity contribution in [1.82, 2.24) is 9.97 Å². The van der Waals surface area contributed by atoms with Gasteiger partial charge in [0.05, 0.1) is 18.5 Å². The number of nitrogens with one attached hydrogen (secondary N) is 1. The molecule has 68 valence electrons. The number of aromatic nitrogens is 2. The fourth-order valence-corrected chi connectivity index (χ4v) is 1.31. The molecule has 0 amide bonds. The maximum Gasteiger partial charge on any atom is 0.173 e. The zero-order valence-electron chi connectivity index (χ0n) is 6.62. The van der Waals surface area contributed by atoms with Gasteiger partial charge in [-0.1, -0.05) is 0 Å². The maximum absolute atomic E-state index is 8.79. The van der Waals surface area contributed by atoms with Crippen LogP contribution in [0.3, 0.4) is 0 Å². The second-order valence-corrected chi connectivity index (χ2v) is 3.30. The molecule has 0 fully saturated rings. The van der Waals surface area contributed by atoms with E-state index in [1.807, 2.05) is 0 Å². The van der Waals surface area contributed by atoms with Crippen LogP contribution in [-0.4, -0.2) is 15.1 Å². The van der Waals surface area contributed by atoms with Gasteiger partial charge >= 0.3 is 0 Å². The van der Waals surface area contributed by atoms with Gasteiger partial charge < -0.3 is 14.5 Å². The van der Waals surface area contributed by atoms with Crippen molar-refractivity contribution >= 4 is 15.9 Å². The van der Waals surface area contributed by atoms with Gasteiger partial charge in [0.15, 0.2) is 16.3 Å². The third kappa shape index (κ3) is 1.66. The summed E-state index contributed by atoms with van der Waals surface area (Å²) in [6.45, 7) is -0.0467. The van der Waals surface area contributed by atoms with E-state index in [1.54, 1.807) is 18.3 Å². The van der Waals surface area contributed by atoms with E-state index in [4.69, 9.17) is 9.52 Å². The van der Waals surface area contributed by atoms with Crippen LogP contribution in [0.15, 0.2) is 27.4 Å². The monoisotopic (exact) mass is 242 g/mol. The molecule has 2 N–H and O–H groups in total. The molecule has 2 aromatic heterocycles. The van der Waals surface area contributed by atoms with Crippen LogP contribution < -0.4 is 0 Å². The number of furan rings is 1. The van der Waals surface area contributed by atoms with E-state index in [2.05, 4.69) is 25.9 Å². The Hall–Kier alpha value is -1.07. The van der Waals surface area contributed by atoms with Crippen molar-refractivity contribution in [3.05, 3.63) is 28.7 Å². The lowest BCUT2D eigenvalue weighted by molar-refractivity contribution is 0.277. The van der Waals surface area contributed by atoms with Crippen LogP contribution in [0.25, 0.3) is 11.6 Å². The van der Waals surface area contributed by atoms with Crippen molar-refractivity contribution in [3.63, 3.8) is 0 Å². The molecule has 0 aliphatic carbocycles. The van der Waals surface area contributed by atoms with Crippen LogP contribution in [0.1, 0.15) is 5.69 Å². The van der Waals surface area contributed by atoms with Crippen molar-refractivity contribution in [2.45, 2.75) is 6.61 Å². The molecule has 13 heavy (non-hydrogen) atoms. The van der Waals surface area contributed by atoms with Crippen LogP contribution in [0.5, 0.6) is 0 Å². The molecular formula is C8H7BrN2O2. The molecular weight excluding hydrogens is 236 g/mol. The van der Waals surface area contributed by atoms with Crippen molar-refractivity contribution in [3.8, 4) is 11.6 Å². The first kappa shape index (κ1) is 8.52. The average molecular weight is 243 g/mol. The minimum atomic E-state index is -0.0467. The second-order valence-electron chi connectivity index (χ2n) is 2.52. The Morgan fingerprint density at radius 2 is 2.38 bits per heavy atom. The number of halogens is 1. The summed E-state index contributed by atoms with van der Waals surface area (Å²) in [6, 6.07) is 3.58. The van der Waals surface area contributed by atoms with E-state index >= 15 is 0 Å². The lowest BCUT2D eigenvalue weighted by Gasteiger charge is -1.88. The number of aliphatic hydroxyl groups excluding tert-OH is 1. The minimum Gasteiger partial charge on any atom is -0.446 e. The summed E-state index contributed by atoms with van der Waals surface area (Å²) in [4.78, 5) is 6.96. The Kier molecular flexibility index (Phi) is 2.20. The Balaban J connectivity index is 2.35. The maximum atomic E-state index is 8.79. The second kappa shape index (κ2) is 3.35. The molecule has 0 unspecified atom stereocenters. The first-order valence-corrected chi connectivity index (χ1v) is 4.49. The van der Waals surface area contributed by atoms with E-state index in [0.717, 1.165) is 0 Å². The van der Waals surface area contributed by atoms with Crippen LogP contribution in [-0.2, 0) is 6.61 Å². The van der Waals surface area contributed by atoms with Gasteiger partial charge in [-0.3, -0.25) is 0 Å². The first-order chi connectivity index (χ1) is 6.29. The van der Waals surface area contributed by atoms with Crippen LogP contribution in [0.4, 0.5) is 0 Å². The predicted octanol–water partition coefficient (Wildman–Crippen LogP) is 1.92. The molecule has 0 aliphatic heterocycles. The molecule has 0 aliphatic rings. The summed E-state index contributed by atoms with van der Waals surface area (Å²) in [5.41, 5.74) is 0.669. The van der Waals surface area contributed by atoms with E-state index in [0.29, 0.717) is 21.9 Å². The smallest absolute Gasteiger partial charge is 0.173 e. The molecule has 2 rings (SSSR count).